The number of benzene rings is 1. The molecule has 0 radical (unpaired) electrons. The Balaban J connectivity index is 1.48. The maximum atomic E-state index is 12.6. The molecule has 4 nitrogen and oxygen atoms in total. The van der Waals surface area contributed by atoms with E-state index in [0.29, 0.717) is 5.91 Å². The number of carbonyl (C=O) groups is 1. The van der Waals surface area contributed by atoms with Crippen molar-refractivity contribution in [3.63, 3.8) is 0 Å². The van der Waals surface area contributed by atoms with E-state index in [0.717, 1.165) is 38.6 Å². The molecule has 1 aromatic carbocycles. The van der Waals surface area contributed by atoms with Gasteiger partial charge >= 0.3 is 0 Å². The smallest absolute Gasteiger partial charge is 0.227 e. The number of rotatable bonds is 6. The van der Waals surface area contributed by atoms with Crippen LogP contribution in [0.25, 0.3) is 0 Å². The first-order chi connectivity index (χ1) is 10.6. The molecule has 0 aromatic heterocycles. The Morgan fingerprint density at radius 1 is 1.14 bits per heavy atom. The first kappa shape index (κ1) is 15.3. The molecule has 1 aliphatic heterocycles. The van der Waals surface area contributed by atoms with Gasteiger partial charge in [0.05, 0.1) is 5.92 Å². The molecule has 1 unspecified atom stereocenters. The van der Waals surface area contributed by atoms with Gasteiger partial charge in [-0.1, -0.05) is 18.2 Å². The van der Waals surface area contributed by atoms with E-state index in [1.54, 1.807) is 0 Å². The molecule has 1 saturated heterocycles. The minimum Gasteiger partial charge on any atom is -0.371 e. The van der Waals surface area contributed by atoms with E-state index in [9.17, 15) is 4.79 Å². The maximum absolute atomic E-state index is 12.6. The number of para-hydroxylation sites is 1. The van der Waals surface area contributed by atoms with Crippen LogP contribution in [0.2, 0.25) is 0 Å². The largest absolute Gasteiger partial charge is 0.371 e. The highest BCUT2D eigenvalue weighted by atomic mass is 16.2. The van der Waals surface area contributed by atoms with Crippen LogP contribution in [-0.4, -0.2) is 62.0 Å². The second-order valence-corrected chi connectivity index (χ2v) is 6.74. The number of carbonyl (C=O) groups excluding carboxylic acids is 1. The SMILES string of the molecule is CN(CCN(C)C1CC1)C(=O)C1CCN(c2ccccc2)C1. The third-order valence-corrected chi connectivity index (χ3v) is 4.99. The predicted molar refractivity (Wildman–Crippen MR) is 90.1 cm³/mol. The van der Waals surface area contributed by atoms with Crippen molar-refractivity contribution in [3.8, 4) is 0 Å². The zero-order chi connectivity index (χ0) is 15.5. The quantitative estimate of drug-likeness (QED) is 0.805. The van der Waals surface area contributed by atoms with Gasteiger partial charge in [0.2, 0.25) is 5.91 Å². The Hall–Kier alpha value is -1.55. The number of likely N-dealkylation sites (N-methyl/N-ethyl adjacent to an activating group) is 2. The molecule has 1 aliphatic carbocycles. The molecule has 1 heterocycles. The van der Waals surface area contributed by atoms with E-state index in [1.165, 1.54) is 18.5 Å². The van der Waals surface area contributed by atoms with Crippen molar-refractivity contribution in [1.82, 2.24) is 9.80 Å². The van der Waals surface area contributed by atoms with Crippen molar-refractivity contribution in [2.24, 2.45) is 5.92 Å². The van der Waals surface area contributed by atoms with Crippen LogP contribution in [0, 0.1) is 5.92 Å². The number of anilines is 1. The summed E-state index contributed by atoms with van der Waals surface area (Å²) >= 11 is 0. The summed E-state index contributed by atoms with van der Waals surface area (Å²) in [6.45, 7) is 3.66. The lowest BCUT2D eigenvalue weighted by Crippen LogP contribution is -2.39. The van der Waals surface area contributed by atoms with Gasteiger partial charge in [0.1, 0.15) is 0 Å². The summed E-state index contributed by atoms with van der Waals surface area (Å²) in [6, 6.07) is 11.2. The Morgan fingerprint density at radius 2 is 1.86 bits per heavy atom. The van der Waals surface area contributed by atoms with Crippen LogP contribution in [-0.2, 0) is 4.79 Å². The minimum atomic E-state index is 0.149. The number of hydrogen-bond donors (Lipinski definition) is 0. The van der Waals surface area contributed by atoms with E-state index < -0.39 is 0 Å². The van der Waals surface area contributed by atoms with Crippen LogP contribution in [0.4, 0.5) is 5.69 Å². The fourth-order valence-corrected chi connectivity index (χ4v) is 3.26. The van der Waals surface area contributed by atoms with Crippen molar-refractivity contribution in [3.05, 3.63) is 30.3 Å². The molecule has 2 aliphatic rings. The fourth-order valence-electron chi connectivity index (χ4n) is 3.26. The topological polar surface area (TPSA) is 26.8 Å². The summed E-state index contributed by atoms with van der Waals surface area (Å²) in [5, 5.41) is 0. The monoisotopic (exact) mass is 301 g/mol. The van der Waals surface area contributed by atoms with Crippen LogP contribution < -0.4 is 4.90 Å². The summed E-state index contributed by atoms with van der Waals surface area (Å²) in [7, 11) is 4.12. The second-order valence-electron chi connectivity index (χ2n) is 6.74. The molecule has 2 fully saturated rings. The summed E-state index contributed by atoms with van der Waals surface area (Å²) in [4.78, 5) is 19.2. The van der Waals surface area contributed by atoms with Gasteiger partial charge < -0.3 is 14.7 Å². The normalized spacial score (nSPS) is 21.4. The van der Waals surface area contributed by atoms with E-state index in [4.69, 9.17) is 0 Å². The average molecular weight is 301 g/mol. The van der Waals surface area contributed by atoms with Gasteiger partial charge in [-0.15, -0.1) is 0 Å². The molecule has 0 bridgehead atoms. The molecule has 0 N–H and O–H groups in total. The molecule has 22 heavy (non-hydrogen) atoms. The van der Waals surface area contributed by atoms with E-state index >= 15 is 0 Å². The second kappa shape index (κ2) is 6.69. The molecular weight excluding hydrogens is 274 g/mol. The summed E-state index contributed by atoms with van der Waals surface area (Å²) in [5.41, 5.74) is 1.23. The maximum Gasteiger partial charge on any atom is 0.227 e. The van der Waals surface area contributed by atoms with Crippen molar-refractivity contribution in [2.75, 3.05) is 45.2 Å². The average Bonchev–Trinajstić information content (AvgIpc) is 3.29. The lowest BCUT2D eigenvalue weighted by atomic mass is 10.1. The Labute approximate surface area is 133 Å². The van der Waals surface area contributed by atoms with E-state index in [2.05, 4.69) is 41.1 Å². The predicted octanol–water partition coefficient (Wildman–Crippen LogP) is 2.07. The number of nitrogens with zero attached hydrogens (tertiary/aromatic N) is 3. The fraction of sp³-hybridized carbons (Fsp3) is 0.611. The highest BCUT2D eigenvalue weighted by Crippen LogP contribution is 2.26. The number of amides is 1. The molecule has 4 heteroatoms. The van der Waals surface area contributed by atoms with Crippen LogP contribution in [0.15, 0.2) is 30.3 Å². The zero-order valence-corrected chi connectivity index (χ0v) is 13.7. The molecule has 1 amide bonds. The summed E-state index contributed by atoms with van der Waals surface area (Å²) in [5.74, 6) is 0.457. The molecular formula is C18H27N3O. The van der Waals surface area contributed by atoms with Crippen molar-refractivity contribution >= 4 is 11.6 Å². The van der Waals surface area contributed by atoms with Gasteiger partial charge in [-0.25, -0.2) is 0 Å². The van der Waals surface area contributed by atoms with Gasteiger partial charge in [-0.05, 0) is 38.4 Å². The zero-order valence-electron chi connectivity index (χ0n) is 13.7. The number of hydrogen-bond acceptors (Lipinski definition) is 3. The Bertz CT molecular complexity index is 500. The van der Waals surface area contributed by atoms with Crippen molar-refractivity contribution in [2.45, 2.75) is 25.3 Å². The van der Waals surface area contributed by atoms with Crippen molar-refractivity contribution < 1.29 is 4.79 Å². The first-order valence-electron chi connectivity index (χ1n) is 8.40. The highest BCUT2D eigenvalue weighted by molar-refractivity contribution is 5.80. The molecule has 1 aromatic rings. The van der Waals surface area contributed by atoms with Crippen LogP contribution in [0.3, 0.4) is 0 Å². The highest BCUT2D eigenvalue weighted by Gasteiger charge is 2.31. The van der Waals surface area contributed by atoms with E-state index in [-0.39, 0.29) is 5.92 Å². The van der Waals surface area contributed by atoms with Gasteiger partial charge in [0.25, 0.3) is 0 Å². The molecule has 1 saturated carbocycles. The van der Waals surface area contributed by atoms with Gasteiger partial charge in [-0.2, -0.15) is 0 Å². The minimum absolute atomic E-state index is 0.149. The standard InChI is InChI=1S/C18H27N3O/c1-19(16-8-9-16)12-13-20(2)18(22)15-10-11-21(14-15)17-6-4-3-5-7-17/h3-7,15-16H,8-14H2,1-2H3. The van der Waals surface area contributed by atoms with Crippen LogP contribution in [0.5, 0.6) is 0 Å². The third kappa shape index (κ3) is 3.61. The van der Waals surface area contributed by atoms with Crippen LogP contribution >= 0.6 is 0 Å². The molecule has 3 rings (SSSR count). The third-order valence-electron chi connectivity index (χ3n) is 4.99. The molecule has 1 atom stereocenters. The molecule has 120 valence electrons. The Kier molecular flexibility index (Phi) is 4.67. The van der Waals surface area contributed by atoms with E-state index in [1.807, 2.05) is 18.0 Å². The Morgan fingerprint density at radius 3 is 2.55 bits per heavy atom. The van der Waals surface area contributed by atoms with Gasteiger partial charge in [-0.3, -0.25) is 4.79 Å². The van der Waals surface area contributed by atoms with Crippen molar-refractivity contribution in [1.29, 1.82) is 0 Å². The lowest BCUT2D eigenvalue weighted by molar-refractivity contribution is -0.133. The van der Waals surface area contributed by atoms with Gasteiger partial charge in [0, 0.05) is 45.0 Å². The van der Waals surface area contributed by atoms with Gasteiger partial charge in [0.15, 0.2) is 0 Å². The van der Waals surface area contributed by atoms with Crippen LogP contribution in [0.1, 0.15) is 19.3 Å². The summed E-state index contributed by atoms with van der Waals surface area (Å²) < 4.78 is 0. The summed E-state index contributed by atoms with van der Waals surface area (Å²) in [6.07, 6.45) is 3.61. The first-order valence-corrected chi connectivity index (χ1v) is 8.40. The lowest BCUT2D eigenvalue weighted by Gasteiger charge is -2.25. The molecule has 0 spiro atoms.